The monoisotopic (exact) mass is 318 g/mol. The van der Waals surface area contributed by atoms with Crippen LogP contribution in [0.1, 0.15) is 37.7 Å². The summed E-state index contributed by atoms with van der Waals surface area (Å²) in [5.41, 5.74) is 2.14. The maximum absolute atomic E-state index is 12.4. The summed E-state index contributed by atoms with van der Waals surface area (Å²) in [6.45, 7) is 1.94. The Morgan fingerprint density at radius 3 is 2.55 bits per heavy atom. The minimum atomic E-state index is -3.55. The molecule has 22 heavy (non-hydrogen) atoms. The van der Waals surface area contributed by atoms with Gasteiger partial charge in [0.05, 0.1) is 4.90 Å². The summed E-state index contributed by atoms with van der Waals surface area (Å²) >= 11 is 0. The molecule has 1 aromatic carbocycles. The molecule has 3 aliphatic carbocycles. The van der Waals surface area contributed by atoms with Gasteiger partial charge < -0.3 is 0 Å². The van der Waals surface area contributed by atoms with E-state index in [0.717, 1.165) is 35.4 Å². The molecule has 5 heteroatoms. The fourth-order valence-corrected chi connectivity index (χ4v) is 5.66. The van der Waals surface area contributed by atoms with Gasteiger partial charge in [-0.1, -0.05) is 17.7 Å². The second kappa shape index (κ2) is 5.08. The summed E-state index contributed by atoms with van der Waals surface area (Å²) in [4.78, 5) is 2.76. The van der Waals surface area contributed by atoms with Crippen LogP contribution in [0, 0.1) is 30.6 Å². The average molecular weight is 318 g/mol. The Kier molecular flexibility index (Phi) is 3.29. The first-order valence-electron chi connectivity index (χ1n) is 8.19. The van der Waals surface area contributed by atoms with Crippen LogP contribution in [0.25, 0.3) is 0 Å². The quantitative estimate of drug-likeness (QED) is 0.871. The van der Waals surface area contributed by atoms with Crippen molar-refractivity contribution in [3.8, 4) is 0 Å². The van der Waals surface area contributed by atoms with Crippen molar-refractivity contribution in [1.82, 2.24) is 4.83 Å². The third-order valence-corrected chi connectivity index (χ3v) is 7.12. The Morgan fingerprint density at radius 2 is 1.77 bits per heavy atom. The summed E-state index contributed by atoms with van der Waals surface area (Å²) in [6.07, 6.45) is 6.10. The van der Waals surface area contributed by atoms with Crippen LogP contribution >= 0.6 is 0 Å². The molecule has 4 nitrogen and oxygen atoms in total. The van der Waals surface area contributed by atoms with Gasteiger partial charge in [-0.2, -0.15) is 13.5 Å². The molecule has 0 radical (unpaired) electrons. The highest BCUT2D eigenvalue weighted by atomic mass is 32.2. The Balaban J connectivity index is 1.55. The minimum absolute atomic E-state index is 0.283. The molecule has 3 saturated carbocycles. The standard InChI is InChI=1S/C17H22N2O2S/c1-11-2-5-13(6-3-11)22(20,21)19-18-17-10-12-4-7-15-14(12)8-9-16(15)17/h2-3,5-6,12,14-16,19H,4,7-10H2,1H3/t12-,14-,15-,16+/m0/s1. The van der Waals surface area contributed by atoms with Crippen LogP contribution in [0.2, 0.25) is 0 Å². The number of hydrogen-bond acceptors (Lipinski definition) is 3. The molecule has 0 spiro atoms. The topological polar surface area (TPSA) is 58.5 Å². The van der Waals surface area contributed by atoms with Crippen molar-refractivity contribution in [2.75, 3.05) is 0 Å². The van der Waals surface area contributed by atoms with Crippen molar-refractivity contribution in [1.29, 1.82) is 0 Å². The Hall–Kier alpha value is -1.36. The highest BCUT2D eigenvalue weighted by Crippen LogP contribution is 2.56. The van der Waals surface area contributed by atoms with E-state index in [4.69, 9.17) is 0 Å². The molecule has 4 atom stereocenters. The number of nitrogens with one attached hydrogen (secondary N) is 1. The lowest BCUT2D eigenvalue weighted by molar-refractivity contribution is 0.320. The third-order valence-electron chi connectivity index (χ3n) is 5.89. The zero-order valence-electron chi connectivity index (χ0n) is 12.8. The number of sulfonamides is 1. The van der Waals surface area contributed by atoms with Gasteiger partial charge in [0.1, 0.15) is 0 Å². The molecular formula is C17H22N2O2S. The highest BCUT2D eigenvalue weighted by molar-refractivity contribution is 7.89. The molecule has 118 valence electrons. The van der Waals surface area contributed by atoms with E-state index in [9.17, 15) is 8.42 Å². The Morgan fingerprint density at radius 1 is 1.05 bits per heavy atom. The summed E-state index contributed by atoms with van der Waals surface area (Å²) < 4.78 is 24.7. The van der Waals surface area contributed by atoms with Gasteiger partial charge in [0.2, 0.25) is 0 Å². The number of hydrazone groups is 1. The van der Waals surface area contributed by atoms with Gasteiger partial charge >= 0.3 is 0 Å². The van der Waals surface area contributed by atoms with Crippen molar-refractivity contribution in [3.05, 3.63) is 29.8 Å². The van der Waals surface area contributed by atoms with E-state index >= 15 is 0 Å². The van der Waals surface area contributed by atoms with E-state index in [0.29, 0.717) is 5.92 Å². The second-order valence-corrected chi connectivity index (χ2v) is 8.72. The van der Waals surface area contributed by atoms with E-state index in [1.165, 1.54) is 25.7 Å². The molecule has 1 aromatic rings. The molecule has 0 unspecified atom stereocenters. The first kappa shape index (κ1) is 14.2. The van der Waals surface area contributed by atoms with Crippen LogP contribution in [0.3, 0.4) is 0 Å². The highest BCUT2D eigenvalue weighted by Gasteiger charge is 2.51. The summed E-state index contributed by atoms with van der Waals surface area (Å²) in [6, 6.07) is 6.89. The first-order valence-corrected chi connectivity index (χ1v) is 9.68. The number of rotatable bonds is 3. The van der Waals surface area contributed by atoms with Gasteiger partial charge in [-0.25, -0.2) is 4.83 Å². The van der Waals surface area contributed by atoms with E-state index < -0.39 is 10.0 Å². The summed E-state index contributed by atoms with van der Waals surface area (Å²) in [5, 5.41) is 4.35. The normalized spacial score (nSPS) is 35.0. The van der Waals surface area contributed by atoms with Crippen LogP contribution in [0.4, 0.5) is 0 Å². The summed E-state index contributed by atoms with van der Waals surface area (Å²) in [7, 11) is -3.55. The van der Waals surface area contributed by atoms with Crippen LogP contribution in [-0.2, 0) is 10.0 Å². The second-order valence-electron chi connectivity index (χ2n) is 7.06. The Labute approximate surface area is 132 Å². The molecule has 0 aliphatic heterocycles. The van der Waals surface area contributed by atoms with E-state index in [1.54, 1.807) is 12.1 Å². The number of aryl methyl sites for hydroxylation is 1. The maximum atomic E-state index is 12.4. The molecule has 1 N–H and O–H groups in total. The van der Waals surface area contributed by atoms with Gasteiger partial charge in [-0.3, -0.25) is 0 Å². The lowest BCUT2D eigenvalue weighted by Gasteiger charge is -2.28. The lowest BCUT2D eigenvalue weighted by atomic mass is 9.77. The largest absolute Gasteiger partial charge is 0.276 e. The Bertz CT molecular complexity index is 709. The predicted octanol–water partition coefficient (Wildman–Crippen LogP) is 3.09. The average Bonchev–Trinajstić information content (AvgIpc) is 2.96. The molecule has 4 rings (SSSR count). The van der Waals surface area contributed by atoms with E-state index in [2.05, 4.69) is 9.93 Å². The van der Waals surface area contributed by atoms with E-state index in [1.807, 2.05) is 19.1 Å². The molecule has 0 amide bonds. The third kappa shape index (κ3) is 2.26. The van der Waals surface area contributed by atoms with Gasteiger partial charge in [-0.15, -0.1) is 0 Å². The fraction of sp³-hybridized carbons (Fsp3) is 0.588. The zero-order valence-corrected chi connectivity index (χ0v) is 13.6. The number of benzene rings is 1. The smallest absolute Gasteiger partial charge is 0.200 e. The predicted molar refractivity (Wildman–Crippen MR) is 86.0 cm³/mol. The molecule has 0 saturated heterocycles. The number of nitrogens with zero attached hydrogens (tertiary/aromatic N) is 1. The van der Waals surface area contributed by atoms with Crippen molar-refractivity contribution < 1.29 is 8.42 Å². The van der Waals surface area contributed by atoms with Crippen LogP contribution in [0.15, 0.2) is 34.3 Å². The van der Waals surface area contributed by atoms with Gasteiger partial charge in [0, 0.05) is 11.6 Å². The molecule has 0 aromatic heterocycles. The molecule has 0 heterocycles. The maximum Gasteiger partial charge on any atom is 0.276 e. The van der Waals surface area contributed by atoms with Gasteiger partial charge in [-0.05, 0) is 68.9 Å². The zero-order chi connectivity index (χ0) is 15.3. The van der Waals surface area contributed by atoms with Crippen LogP contribution in [0.5, 0.6) is 0 Å². The SMILES string of the molecule is Cc1ccc(S(=O)(=O)NN=C2C[C@@H]3CC[C@H]4[C@H]3CC[C@@H]24)cc1. The van der Waals surface area contributed by atoms with Crippen molar-refractivity contribution in [2.45, 2.75) is 43.9 Å². The summed E-state index contributed by atoms with van der Waals surface area (Å²) in [5.74, 6) is 2.91. The fourth-order valence-electron chi connectivity index (χ4n) is 4.82. The van der Waals surface area contributed by atoms with Crippen molar-refractivity contribution >= 4 is 15.7 Å². The molecule has 4 bridgehead atoms. The lowest BCUT2D eigenvalue weighted by Crippen LogP contribution is -2.31. The van der Waals surface area contributed by atoms with E-state index in [-0.39, 0.29) is 4.90 Å². The van der Waals surface area contributed by atoms with Crippen molar-refractivity contribution in [3.63, 3.8) is 0 Å². The van der Waals surface area contributed by atoms with Crippen LogP contribution < -0.4 is 4.83 Å². The first-order chi connectivity index (χ1) is 10.5. The molecular weight excluding hydrogens is 296 g/mol. The van der Waals surface area contributed by atoms with Gasteiger partial charge in [0.25, 0.3) is 10.0 Å². The molecule has 3 aliphatic rings. The van der Waals surface area contributed by atoms with Crippen LogP contribution in [-0.4, -0.2) is 14.1 Å². The molecule has 3 fully saturated rings. The minimum Gasteiger partial charge on any atom is -0.200 e. The van der Waals surface area contributed by atoms with Gasteiger partial charge in [0.15, 0.2) is 0 Å². The number of hydrogen-bond donors (Lipinski definition) is 1. The van der Waals surface area contributed by atoms with Crippen molar-refractivity contribution in [2.24, 2.45) is 28.8 Å².